The Labute approximate surface area is 172 Å². The van der Waals surface area contributed by atoms with Crippen molar-refractivity contribution in [1.29, 1.82) is 0 Å². The van der Waals surface area contributed by atoms with Gasteiger partial charge in [0.25, 0.3) is 0 Å². The molecule has 0 aliphatic heterocycles. The van der Waals surface area contributed by atoms with Gasteiger partial charge >= 0.3 is 12.1 Å². The summed E-state index contributed by atoms with van der Waals surface area (Å²) in [7, 11) is 3.01. The van der Waals surface area contributed by atoms with Crippen LogP contribution in [0.1, 0.15) is 38.7 Å². The van der Waals surface area contributed by atoms with Gasteiger partial charge in [0.2, 0.25) is 0 Å². The lowest BCUT2D eigenvalue weighted by Gasteiger charge is -2.27. The molecular formula is C23H29NO5. The average Bonchev–Trinajstić information content (AvgIpc) is 2.66. The first-order valence-corrected chi connectivity index (χ1v) is 9.49. The zero-order valence-electron chi connectivity index (χ0n) is 17.6. The molecule has 0 aliphatic carbocycles. The molecule has 0 saturated heterocycles. The number of aromatic hydroxyl groups is 1. The molecule has 0 aromatic heterocycles. The van der Waals surface area contributed by atoms with Gasteiger partial charge in [0.1, 0.15) is 11.4 Å². The average molecular weight is 399 g/mol. The zero-order valence-corrected chi connectivity index (χ0v) is 17.6. The molecular weight excluding hydrogens is 370 g/mol. The van der Waals surface area contributed by atoms with Gasteiger partial charge in [0, 0.05) is 19.5 Å². The molecule has 2 aromatic rings. The molecule has 6 nitrogen and oxygen atoms in total. The topological polar surface area (TPSA) is 76.1 Å². The second-order valence-electron chi connectivity index (χ2n) is 8.01. The Bertz CT molecular complexity index is 839. The second-order valence-corrected chi connectivity index (χ2v) is 8.01. The van der Waals surface area contributed by atoms with Crippen LogP contribution in [0, 0.1) is 0 Å². The Hall–Kier alpha value is -3.02. The predicted molar refractivity (Wildman–Crippen MR) is 112 cm³/mol. The molecule has 0 bridgehead atoms. The Morgan fingerprint density at radius 3 is 2.31 bits per heavy atom. The summed E-state index contributed by atoms with van der Waals surface area (Å²) in [6.07, 6.45) is -0.301. The summed E-state index contributed by atoms with van der Waals surface area (Å²) >= 11 is 0. The Kier molecular flexibility index (Phi) is 7.26. The van der Waals surface area contributed by atoms with Crippen molar-refractivity contribution in [3.63, 3.8) is 0 Å². The van der Waals surface area contributed by atoms with Crippen molar-refractivity contribution in [3.05, 3.63) is 54.1 Å². The van der Waals surface area contributed by atoms with E-state index >= 15 is 0 Å². The number of methoxy groups -OCH3 is 1. The number of carbonyl (C=O) groups is 2. The second kappa shape index (κ2) is 9.45. The summed E-state index contributed by atoms with van der Waals surface area (Å²) in [6.45, 7) is 5.74. The minimum absolute atomic E-state index is 0.142. The maximum absolute atomic E-state index is 12.4. The quantitative estimate of drug-likeness (QED) is 0.720. The number of esters is 1. The number of ether oxygens (including phenoxy) is 2. The molecule has 0 fully saturated rings. The predicted octanol–water partition coefficient (Wildman–Crippen LogP) is 4.57. The molecule has 0 unspecified atom stereocenters. The van der Waals surface area contributed by atoms with Crippen LogP contribution in [0.15, 0.2) is 48.5 Å². The first-order valence-electron chi connectivity index (χ1n) is 9.49. The Balaban J connectivity index is 2.27. The van der Waals surface area contributed by atoms with Crippen LogP contribution < -0.4 is 0 Å². The lowest BCUT2D eigenvalue weighted by molar-refractivity contribution is -0.141. The lowest BCUT2D eigenvalue weighted by atomic mass is 9.92. The van der Waals surface area contributed by atoms with Gasteiger partial charge < -0.3 is 19.5 Å². The minimum Gasteiger partial charge on any atom is -0.508 e. The van der Waals surface area contributed by atoms with Crippen molar-refractivity contribution in [2.45, 2.75) is 38.7 Å². The van der Waals surface area contributed by atoms with E-state index in [1.165, 1.54) is 12.0 Å². The summed E-state index contributed by atoms with van der Waals surface area (Å²) in [4.78, 5) is 25.8. The molecule has 0 radical (unpaired) electrons. The highest BCUT2D eigenvalue weighted by Gasteiger charge is 2.24. The number of phenolic OH excluding ortho intramolecular Hbond substituents is 1. The Morgan fingerprint density at radius 1 is 1.07 bits per heavy atom. The smallest absolute Gasteiger partial charge is 0.410 e. The first-order chi connectivity index (χ1) is 13.6. The van der Waals surface area contributed by atoms with Gasteiger partial charge in [0.05, 0.1) is 13.5 Å². The van der Waals surface area contributed by atoms with Crippen molar-refractivity contribution in [2.75, 3.05) is 20.7 Å². The number of likely N-dealkylation sites (N-methyl/N-ethyl adjacent to an activating group) is 1. The molecule has 0 spiro atoms. The van der Waals surface area contributed by atoms with Crippen molar-refractivity contribution in [2.24, 2.45) is 0 Å². The van der Waals surface area contributed by atoms with E-state index in [0.717, 1.165) is 16.7 Å². The molecule has 2 aromatic carbocycles. The molecule has 0 saturated carbocycles. The van der Waals surface area contributed by atoms with Crippen LogP contribution >= 0.6 is 0 Å². The van der Waals surface area contributed by atoms with Crippen LogP contribution in [-0.4, -0.2) is 48.4 Å². The lowest BCUT2D eigenvalue weighted by Crippen LogP contribution is -2.37. The fourth-order valence-corrected chi connectivity index (χ4v) is 2.94. The maximum Gasteiger partial charge on any atom is 0.410 e. The number of rotatable bonds is 6. The fourth-order valence-electron chi connectivity index (χ4n) is 2.94. The molecule has 2 rings (SSSR count). The zero-order chi connectivity index (χ0) is 21.6. The highest BCUT2D eigenvalue weighted by Crippen LogP contribution is 2.28. The van der Waals surface area contributed by atoms with Crippen LogP contribution in [0.25, 0.3) is 11.1 Å². The number of hydrogen-bond donors (Lipinski definition) is 1. The van der Waals surface area contributed by atoms with Gasteiger partial charge in [-0.25, -0.2) is 4.79 Å². The summed E-state index contributed by atoms with van der Waals surface area (Å²) < 4.78 is 10.3. The molecule has 1 atom stereocenters. The van der Waals surface area contributed by atoms with Crippen LogP contribution in [0.2, 0.25) is 0 Å². The first kappa shape index (κ1) is 22.3. The third kappa shape index (κ3) is 6.82. The molecule has 29 heavy (non-hydrogen) atoms. The SMILES string of the molecule is COC(=O)C[C@H](CN(C)C(=O)OC(C)(C)C)c1cccc(-c2ccc(O)cc2)c1. The summed E-state index contributed by atoms with van der Waals surface area (Å²) in [5.41, 5.74) is 2.22. The third-order valence-corrected chi connectivity index (χ3v) is 4.40. The largest absolute Gasteiger partial charge is 0.508 e. The normalized spacial score (nSPS) is 12.2. The number of hydrogen-bond acceptors (Lipinski definition) is 5. The van der Waals surface area contributed by atoms with E-state index in [-0.39, 0.29) is 24.1 Å². The fraction of sp³-hybridized carbons (Fsp3) is 0.391. The number of carbonyl (C=O) groups excluding carboxylic acids is 2. The van der Waals surface area contributed by atoms with E-state index < -0.39 is 11.7 Å². The number of benzene rings is 2. The maximum atomic E-state index is 12.4. The van der Waals surface area contributed by atoms with Crippen LogP contribution in [0.5, 0.6) is 5.75 Å². The van der Waals surface area contributed by atoms with Crippen molar-refractivity contribution in [3.8, 4) is 16.9 Å². The van der Waals surface area contributed by atoms with Gasteiger partial charge in [-0.2, -0.15) is 0 Å². The Morgan fingerprint density at radius 2 is 1.72 bits per heavy atom. The molecule has 6 heteroatoms. The van der Waals surface area contributed by atoms with Crippen molar-refractivity contribution >= 4 is 12.1 Å². The van der Waals surface area contributed by atoms with Crippen LogP contribution in [-0.2, 0) is 14.3 Å². The van der Waals surface area contributed by atoms with E-state index in [0.29, 0.717) is 6.54 Å². The van der Waals surface area contributed by atoms with E-state index in [2.05, 4.69) is 0 Å². The summed E-state index contributed by atoms with van der Waals surface area (Å²) in [5, 5.41) is 9.50. The third-order valence-electron chi connectivity index (χ3n) is 4.40. The minimum atomic E-state index is -0.595. The highest BCUT2D eigenvalue weighted by molar-refractivity contribution is 5.72. The monoisotopic (exact) mass is 399 g/mol. The van der Waals surface area contributed by atoms with E-state index in [9.17, 15) is 14.7 Å². The molecule has 1 N–H and O–H groups in total. The van der Waals surface area contributed by atoms with E-state index in [1.807, 2.05) is 57.2 Å². The summed E-state index contributed by atoms with van der Waals surface area (Å²) in [6, 6.07) is 14.7. The van der Waals surface area contributed by atoms with Gasteiger partial charge in [-0.1, -0.05) is 36.4 Å². The molecule has 0 heterocycles. The van der Waals surface area contributed by atoms with Gasteiger partial charge in [-0.15, -0.1) is 0 Å². The number of amides is 1. The summed E-state index contributed by atoms with van der Waals surface area (Å²) in [5.74, 6) is -0.396. The van der Waals surface area contributed by atoms with E-state index in [1.54, 1.807) is 19.2 Å². The number of phenols is 1. The van der Waals surface area contributed by atoms with Gasteiger partial charge in [0.15, 0.2) is 0 Å². The molecule has 0 aliphatic rings. The highest BCUT2D eigenvalue weighted by atomic mass is 16.6. The van der Waals surface area contributed by atoms with Crippen LogP contribution in [0.3, 0.4) is 0 Å². The standard InChI is InChI=1S/C23H29NO5/c1-23(2,3)29-22(27)24(4)15-19(14-21(26)28-5)18-8-6-7-17(13-18)16-9-11-20(25)12-10-16/h6-13,19,25H,14-15H2,1-5H3/t19-/m1/s1. The van der Waals surface area contributed by atoms with Gasteiger partial charge in [-0.3, -0.25) is 4.79 Å². The molecule has 1 amide bonds. The molecule has 156 valence electrons. The van der Waals surface area contributed by atoms with Crippen molar-refractivity contribution < 1.29 is 24.2 Å². The number of nitrogens with zero attached hydrogens (tertiary/aromatic N) is 1. The van der Waals surface area contributed by atoms with Crippen LogP contribution in [0.4, 0.5) is 4.79 Å². The van der Waals surface area contributed by atoms with Gasteiger partial charge in [-0.05, 0) is 49.6 Å². The van der Waals surface area contributed by atoms with E-state index in [4.69, 9.17) is 9.47 Å². The van der Waals surface area contributed by atoms with Crippen molar-refractivity contribution in [1.82, 2.24) is 4.90 Å².